The number of benzene rings is 1. The predicted molar refractivity (Wildman–Crippen MR) is 149 cm³/mol. The van der Waals surface area contributed by atoms with Gasteiger partial charge in [-0.2, -0.15) is 0 Å². The molecule has 5 rings (SSSR count). The highest BCUT2D eigenvalue weighted by Crippen LogP contribution is 2.39. The maximum atomic E-state index is 13.3. The minimum atomic E-state index is -0.937. The third-order valence-electron chi connectivity index (χ3n) is 8.28. The van der Waals surface area contributed by atoms with E-state index < -0.39 is 6.09 Å². The molecule has 3 saturated heterocycles. The van der Waals surface area contributed by atoms with E-state index in [0.717, 1.165) is 69.7 Å². The second kappa shape index (κ2) is 11.8. The molecule has 3 aliphatic heterocycles. The maximum absolute atomic E-state index is 13.3. The molecule has 1 unspecified atom stereocenters. The molecule has 2 amide bonds. The summed E-state index contributed by atoms with van der Waals surface area (Å²) in [4.78, 5) is 35.8. The Kier molecular flexibility index (Phi) is 8.43. The van der Waals surface area contributed by atoms with Crippen molar-refractivity contribution in [2.75, 3.05) is 37.6 Å². The van der Waals surface area contributed by atoms with Gasteiger partial charge in [-0.1, -0.05) is 35.3 Å². The van der Waals surface area contributed by atoms with Crippen molar-refractivity contribution >= 4 is 41.0 Å². The Hall–Kier alpha value is -2.39. The molecule has 2 atom stereocenters. The van der Waals surface area contributed by atoms with Gasteiger partial charge in [-0.25, -0.2) is 9.78 Å². The molecule has 10 heteroatoms. The quantitative estimate of drug-likeness (QED) is 0.507. The van der Waals surface area contributed by atoms with Crippen LogP contribution in [0.3, 0.4) is 0 Å². The van der Waals surface area contributed by atoms with Crippen molar-refractivity contribution in [1.29, 1.82) is 0 Å². The molecule has 0 spiro atoms. The van der Waals surface area contributed by atoms with Crippen LogP contribution in [0.1, 0.15) is 49.3 Å². The first-order valence-corrected chi connectivity index (χ1v) is 14.2. The molecule has 8 nitrogen and oxygen atoms in total. The molecular formula is C28H35Cl2N5O3. The van der Waals surface area contributed by atoms with Gasteiger partial charge in [-0.3, -0.25) is 14.6 Å². The number of hydrogen-bond donors (Lipinski definition) is 2. The van der Waals surface area contributed by atoms with E-state index in [0.29, 0.717) is 28.3 Å². The van der Waals surface area contributed by atoms with Gasteiger partial charge in [0.1, 0.15) is 5.82 Å². The van der Waals surface area contributed by atoms with Gasteiger partial charge in [0.25, 0.3) is 0 Å². The first-order chi connectivity index (χ1) is 18.3. The zero-order valence-corrected chi connectivity index (χ0v) is 23.2. The topological polar surface area (TPSA) is 89.0 Å². The van der Waals surface area contributed by atoms with Crippen molar-refractivity contribution in [3.8, 4) is 0 Å². The number of carbonyl (C=O) groups is 2. The Morgan fingerprint density at radius 3 is 2.55 bits per heavy atom. The average Bonchev–Trinajstić information content (AvgIpc) is 2.85. The molecule has 0 saturated carbocycles. The molecule has 0 radical (unpaired) electrons. The lowest BCUT2D eigenvalue weighted by atomic mass is 9.81. The summed E-state index contributed by atoms with van der Waals surface area (Å²) in [6, 6.07) is 12.2. The monoisotopic (exact) mass is 559 g/mol. The molecule has 1 aromatic heterocycles. The van der Waals surface area contributed by atoms with Gasteiger partial charge in [0.05, 0.1) is 10.0 Å². The predicted octanol–water partition coefficient (Wildman–Crippen LogP) is 4.78. The van der Waals surface area contributed by atoms with Crippen LogP contribution in [0.25, 0.3) is 0 Å². The maximum Gasteiger partial charge on any atom is 0.404 e. The zero-order valence-electron chi connectivity index (χ0n) is 21.7. The summed E-state index contributed by atoms with van der Waals surface area (Å²) in [7, 11) is 0. The van der Waals surface area contributed by atoms with E-state index in [-0.39, 0.29) is 23.9 Å². The molecular weight excluding hydrogens is 525 g/mol. The molecule has 2 N–H and O–H groups in total. The highest BCUT2D eigenvalue weighted by atomic mass is 35.5. The number of aromatic nitrogens is 1. The lowest BCUT2D eigenvalue weighted by Crippen LogP contribution is -2.62. The van der Waals surface area contributed by atoms with Crippen molar-refractivity contribution in [2.45, 2.75) is 63.1 Å². The van der Waals surface area contributed by atoms with Gasteiger partial charge in [-0.15, -0.1) is 0 Å². The number of halogens is 2. The largest absolute Gasteiger partial charge is 0.465 e. The lowest BCUT2D eigenvalue weighted by Gasteiger charge is -2.49. The zero-order chi connectivity index (χ0) is 26.8. The van der Waals surface area contributed by atoms with Gasteiger partial charge in [-0.05, 0) is 62.4 Å². The first kappa shape index (κ1) is 27.2. The summed E-state index contributed by atoms with van der Waals surface area (Å²) in [5.41, 5.74) is 1.99. The summed E-state index contributed by atoms with van der Waals surface area (Å²) < 4.78 is 0. The van der Waals surface area contributed by atoms with Crippen molar-refractivity contribution < 1.29 is 14.7 Å². The lowest BCUT2D eigenvalue weighted by molar-refractivity contribution is -0.120. The van der Waals surface area contributed by atoms with Crippen molar-refractivity contribution in [3.63, 3.8) is 0 Å². The number of hydrogen-bond acceptors (Lipinski definition) is 5. The van der Waals surface area contributed by atoms with Crippen molar-refractivity contribution in [2.24, 2.45) is 0 Å². The van der Waals surface area contributed by atoms with E-state index in [1.807, 2.05) is 48.2 Å². The number of likely N-dealkylation sites (tertiary alicyclic amines) is 2. The number of anilines is 1. The van der Waals surface area contributed by atoms with E-state index in [2.05, 4.69) is 15.1 Å². The van der Waals surface area contributed by atoms with Gasteiger partial charge in [0.2, 0.25) is 5.91 Å². The van der Waals surface area contributed by atoms with Crippen LogP contribution in [0.2, 0.25) is 10.0 Å². The Labute approximate surface area is 233 Å². The van der Waals surface area contributed by atoms with Crippen LogP contribution >= 0.6 is 23.2 Å². The van der Waals surface area contributed by atoms with Crippen LogP contribution in [-0.4, -0.2) is 82.7 Å². The van der Waals surface area contributed by atoms with Crippen LogP contribution in [-0.2, 0) is 4.79 Å². The standard InChI is InChI=1S/C28H35Cl2N5O3/c1-18-3-2-4-26(31-18)35-25(22(6-8-27(35)36)19-5-7-23(29)24(30)15-19)11-12-33-16-21(17-33)34-13-9-20(10-14-34)32-28(37)38/h2-5,7,15,20-22,25,32H,6,8-14,16-17H2,1H3,(H,37,38)/t22-,25?/m0/s1. The van der Waals surface area contributed by atoms with Gasteiger partial charge >= 0.3 is 6.09 Å². The number of carboxylic acid groups (broad SMARTS) is 1. The van der Waals surface area contributed by atoms with Gasteiger partial charge < -0.3 is 15.3 Å². The number of rotatable bonds is 7. The first-order valence-electron chi connectivity index (χ1n) is 13.4. The van der Waals surface area contributed by atoms with E-state index in [4.69, 9.17) is 33.3 Å². The van der Waals surface area contributed by atoms with E-state index in [1.54, 1.807) is 0 Å². The normalized spacial score (nSPS) is 23.9. The minimum absolute atomic E-state index is 0.0281. The molecule has 2 aromatic rings. The molecule has 4 heterocycles. The molecule has 0 bridgehead atoms. The number of carbonyl (C=O) groups excluding carboxylic acids is 1. The number of aryl methyl sites for hydroxylation is 1. The Morgan fingerprint density at radius 1 is 1.11 bits per heavy atom. The average molecular weight is 561 g/mol. The Balaban J connectivity index is 1.26. The molecule has 38 heavy (non-hydrogen) atoms. The molecule has 3 fully saturated rings. The van der Waals surface area contributed by atoms with E-state index in [1.165, 1.54) is 0 Å². The number of nitrogens with zero attached hydrogens (tertiary/aromatic N) is 4. The van der Waals surface area contributed by atoms with Crippen LogP contribution in [0.5, 0.6) is 0 Å². The molecule has 204 valence electrons. The highest BCUT2D eigenvalue weighted by Gasteiger charge is 2.40. The fourth-order valence-electron chi connectivity index (χ4n) is 6.23. The van der Waals surface area contributed by atoms with E-state index in [9.17, 15) is 9.59 Å². The molecule has 1 aromatic carbocycles. The second-order valence-corrected chi connectivity index (χ2v) is 11.6. The summed E-state index contributed by atoms with van der Waals surface area (Å²) in [5, 5.41) is 12.7. The number of piperidine rings is 2. The van der Waals surface area contributed by atoms with Crippen LogP contribution in [0, 0.1) is 6.92 Å². The third-order valence-corrected chi connectivity index (χ3v) is 9.02. The molecule has 3 aliphatic rings. The van der Waals surface area contributed by atoms with Crippen LogP contribution in [0.15, 0.2) is 36.4 Å². The summed E-state index contributed by atoms with van der Waals surface area (Å²) in [5.74, 6) is 0.968. The summed E-state index contributed by atoms with van der Waals surface area (Å²) in [6.45, 7) is 6.69. The Morgan fingerprint density at radius 2 is 1.87 bits per heavy atom. The van der Waals surface area contributed by atoms with Crippen molar-refractivity contribution in [1.82, 2.24) is 20.1 Å². The van der Waals surface area contributed by atoms with Gasteiger partial charge in [0.15, 0.2) is 0 Å². The number of nitrogens with one attached hydrogen (secondary N) is 1. The summed E-state index contributed by atoms with van der Waals surface area (Å²) >= 11 is 12.6. The van der Waals surface area contributed by atoms with Crippen LogP contribution in [0.4, 0.5) is 10.6 Å². The Bertz CT molecular complexity index is 1170. The summed E-state index contributed by atoms with van der Waals surface area (Å²) in [6.07, 6.45) is 2.85. The smallest absolute Gasteiger partial charge is 0.404 e. The number of pyridine rings is 1. The van der Waals surface area contributed by atoms with Crippen molar-refractivity contribution in [3.05, 3.63) is 57.7 Å². The van der Waals surface area contributed by atoms with Crippen LogP contribution < -0.4 is 10.2 Å². The fraction of sp³-hybridized carbons (Fsp3) is 0.536. The molecule has 0 aliphatic carbocycles. The third kappa shape index (κ3) is 6.09. The SMILES string of the molecule is Cc1cccc(N2C(=O)CC[C@@H](c3ccc(Cl)c(Cl)c3)C2CCN2CC(N3CCC(NC(=O)O)CC3)C2)n1. The highest BCUT2D eigenvalue weighted by molar-refractivity contribution is 6.42. The minimum Gasteiger partial charge on any atom is -0.465 e. The fourth-order valence-corrected chi connectivity index (χ4v) is 6.54. The van der Waals surface area contributed by atoms with Gasteiger partial charge in [0, 0.05) is 68.9 Å². The number of amides is 2. The second-order valence-electron chi connectivity index (χ2n) is 10.7. The van der Waals surface area contributed by atoms with E-state index >= 15 is 0 Å².